The smallest absolute Gasteiger partial charge is 0.126 e. The number of hydrogen-bond donors (Lipinski definition) is 1. The van der Waals surface area contributed by atoms with Gasteiger partial charge in [-0.25, -0.2) is 4.39 Å². The van der Waals surface area contributed by atoms with E-state index in [9.17, 15) is 4.39 Å². The highest BCUT2D eigenvalue weighted by atomic mass is 19.1. The molecule has 0 aliphatic carbocycles. The Kier molecular flexibility index (Phi) is 4.53. The molecule has 2 nitrogen and oxygen atoms in total. The molecule has 0 amide bonds. The summed E-state index contributed by atoms with van der Waals surface area (Å²) in [6.45, 7) is 2.37. The average molecular weight is 259 g/mol. The van der Waals surface area contributed by atoms with Crippen molar-refractivity contribution >= 4 is 0 Å². The molecule has 0 spiro atoms. The van der Waals surface area contributed by atoms with Gasteiger partial charge in [0, 0.05) is 24.1 Å². The molecule has 0 aromatic heterocycles. The van der Waals surface area contributed by atoms with Crippen LogP contribution in [0.3, 0.4) is 0 Å². The normalized spacial score (nSPS) is 12.2. The molecular weight excluding hydrogens is 241 g/mol. The van der Waals surface area contributed by atoms with Gasteiger partial charge in [-0.1, -0.05) is 36.4 Å². The highest BCUT2D eigenvalue weighted by Crippen LogP contribution is 2.24. The van der Waals surface area contributed by atoms with Crippen molar-refractivity contribution in [1.82, 2.24) is 0 Å². The minimum atomic E-state index is -0.306. The van der Waals surface area contributed by atoms with Crippen molar-refractivity contribution in [1.29, 1.82) is 0 Å². The van der Waals surface area contributed by atoms with E-state index in [1.807, 2.05) is 37.3 Å². The summed E-state index contributed by atoms with van der Waals surface area (Å²) in [4.78, 5) is 0. The molecule has 0 saturated heterocycles. The summed E-state index contributed by atoms with van der Waals surface area (Å²) in [5, 5.41) is 0. The number of ether oxygens (including phenoxy) is 1. The standard InChI is InChI=1S/C16H18FNO/c1-12(18)15-8-7-14(17)11-16(15)19-10-9-13-5-3-2-4-6-13/h2-8,11-12H,9-10,18H2,1H3/t12-/m0/s1. The van der Waals surface area contributed by atoms with Crippen LogP contribution in [0.1, 0.15) is 24.1 Å². The SMILES string of the molecule is C[C@H](N)c1ccc(F)cc1OCCc1ccccc1. The summed E-state index contributed by atoms with van der Waals surface area (Å²) < 4.78 is 18.9. The monoisotopic (exact) mass is 259 g/mol. The number of hydrogen-bond acceptors (Lipinski definition) is 2. The fraction of sp³-hybridized carbons (Fsp3) is 0.250. The molecule has 0 bridgehead atoms. The predicted molar refractivity (Wildman–Crippen MR) is 74.6 cm³/mol. The fourth-order valence-electron chi connectivity index (χ4n) is 1.93. The summed E-state index contributed by atoms with van der Waals surface area (Å²) in [7, 11) is 0. The van der Waals surface area contributed by atoms with E-state index in [2.05, 4.69) is 0 Å². The van der Waals surface area contributed by atoms with Crippen LogP contribution in [0.2, 0.25) is 0 Å². The molecule has 1 atom stereocenters. The second kappa shape index (κ2) is 6.34. The lowest BCUT2D eigenvalue weighted by atomic mass is 10.1. The van der Waals surface area contributed by atoms with Crippen molar-refractivity contribution in [2.75, 3.05) is 6.61 Å². The Labute approximate surface area is 113 Å². The van der Waals surface area contributed by atoms with Crippen molar-refractivity contribution in [2.45, 2.75) is 19.4 Å². The molecule has 0 fully saturated rings. The van der Waals surface area contributed by atoms with Gasteiger partial charge in [0.15, 0.2) is 0 Å². The summed E-state index contributed by atoms with van der Waals surface area (Å²) in [6, 6.07) is 14.3. The van der Waals surface area contributed by atoms with E-state index in [1.54, 1.807) is 6.07 Å². The van der Waals surface area contributed by atoms with E-state index in [-0.39, 0.29) is 11.9 Å². The minimum Gasteiger partial charge on any atom is -0.493 e. The third kappa shape index (κ3) is 3.80. The van der Waals surface area contributed by atoms with Gasteiger partial charge in [0.25, 0.3) is 0 Å². The Morgan fingerprint density at radius 3 is 2.58 bits per heavy atom. The molecular formula is C16H18FNO. The molecule has 2 aromatic rings. The second-order valence-corrected chi connectivity index (χ2v) is 4.55. The van der Waals surface area contributed by atoms with Gasteiger partial charge in [0.05, 0.1) is 6.61 Å². The summed E-state index contributed by atoms with van der Waals surface area (Å²) >= 11 is 0. The van der Waals surface area contributed by atoms with Crippen LogP contribution in [0.4, 0.5) is 4.39 Å². The Hall–Kier alpha value is -1.87. The molecule has 0 heterocycles. The van der Waals surface area contributed by atoms with Crippen LogP contribution in [0, 0.1) is 5.82 Å². The highest BCUT2D eigenvalue weighted by Gasteiger charge is 2.09. The number of rotatable bonds is 5. The van der Waals surface area contributed by atoms with E-state index < -0.39 is 0 Å². The maximum atomic E-state index is 13.2. The van der Waals surface area contributed by atoms with E-state index in [0.29, 0.717) is 12.4 Å². The van der Waals surface area contributed by atoms with Crippen LogP contribution in [-0.4, -0.2) is 6.61 Å². The Balaban J connectivity index is 2.01. The first-order chi connectivity index (χ1) is 9.16. The summed E-state index contributed by atoms with van der Waals surface area (Å²) in [5.74, 6) is 0.227. The molecule has 0 unspecified atom stereocenters. The third-order valence-corrected chi connectivity index (χ3v) is 2.96. The summed E-state index contributed by atoms with van der Waals surface area (Å²) in [6.07, 6.45) is 0.787. The number of nitrogens with two attached hydrogens (primary N) is 1. The number of halogens is 1. The lowest BCUT2D eigenvalue weighted by Gasteiger charge is -2.14. The van der Waals surface area contributed by atoms with Gasteiger partial charge in [-0.2, -0.15) is 0 Å². The lowest BCUT2D eigenvalue weighted by Crippen LogP contribution is -2.10. The number of benzene rings is 2. The maximum Gasteiger partial charge on any atom is 0.126 e. The predicted octanol–water partition coefficient (Wildman–Crippen LogP) is 3.47. The highest BCUT2D eigenvalue weighted by molar-refractivity contribution is 5.36. The fourth-order valence-corrected chi connectivity index (χ4v) is 1.93. The largest absolute Gasteiger partial charge is 0.493 e. The van der Waals surface area contributed by atoms with Gasteiger partial charge in [-0.15, -0.1) is 0 Å². The van der Waals surface area contributed by atoms with Crippen molar-refractivity contribution in [3.63, 3.8) is 0 Å². The zero-order chi connectivity index (χ0) is 13.7. The third-order valence-electron chi connectivity index (χ3n) is 2.96. The summed E-state index contributed by atoms with van der Waals surface area (Å²) in [5.41, 5.74) is 7.87. The van der Waals surface area contributed by atoms with Gasteiger partial charge in [-0.05, 0) is 18.6 Å². The van der Waals surface area contributed by atoms with Crippen LogP contribution >= 0.6 is 0 Å². The van der Waals surface area contributed by atoms with Gasteiger partial charge >= 0.3 is 0 Å². The van der Waals surface area contributed by atoms with Crippen LogP contribution in [-0.2, 0) is 6.42 Å². The first-order valence-electron chi connectivity index (χ1n) is 6.38. The van der Waals surface area contributed by atoms with Crippen LogP contribution < -0.4 is 10.5 Å². The van der Waals surface area contributed by atoms with E-state index in [0.717, 1.165) is 12.0 Å². The van der Waals surface area contributed by atoms with Gasteiger partial charge in [0.2, 0.25) is 0 Å². The molecule has 2 aromatic carbocycles. The average Bonchev–Trinajstić information content (AvgIpc) is 2.39. The van der Waals surface area contributed by atoms with Gasteiger partial charge < -0.3 is 10.5 Å². The molecule has 3 heteroatoms. The van der Waals surface area contributed by atoms with Crippen LogP contribution in [0.15, 0.2) is 48.5 Å². The molecule has 2 rings (SSSR count). The molecule has 0 saturated carbocycles. The van der Waals surface area contributed by atoms with Crippen molar-refractivity contribution in [3.05, 3.63) is 65.5 Å². The maximum absolute atomic E-state index is 13.2. The molecule has 0 radical (unpaired) electrons. The zero-order valence-electron chi connectivity index (χ0n) is 11.0. The molecule has 0 aliphatic heterocycles. The Bertz CT molecular complexity index is 526. The molecule has 19 heavy (non-hydrogen) atoms. The zero-order valence-corrected chi connectivity index (χ0v) is 11.0. The minimum absolute atomic E-state index is 0.174. The molecule has 0 aliphatic rings. The van der Waals surface area contributed by atoms with E-state index in [1.165, 1.54) is 17.7 Å². The topological polar surface area (TPSA) is 35.2 Å². The molecule has 100 valence electrons. The van der Waals surface area contributed by atoms with Gasteiger partial charge in [0.1, 0.15) is 11.6 Å². The molecule has 2 N–H and O–H groups in total. The van der Waals surface area contributed by atoms with Crippen molar-refractivity contribution < 1.29 is 9.13 Å². The lowest BCUT2D eigenvalue weighted by molar-refractivity contribution is 0.315. The first-order valence-corrected chi connectivity index (χ1v) is 6.38. The van der Waals surface area contributed by atoms with Crippen LogP contribution in [0.5, 0.6) is 5.75 Å². The van der Waals surface area contributed by atoms with Gasteiger partial charge in [-0.3, -0.25) is 0 Å². The Morgan fingerprint density at radius 1 is 1.16 bits per heavy atom. The second-order valence-electron chi connectivity index (χ2n) is 4.55. The van der Waals surface area contributed by atoms with E-state index >= 15 is 0 Å². The van der Waals surface area contributed by atoms with Crippen molar-refractivity contribution in [3.8, 4) is 5.75 Å². The van der Waals surface area contributed by atoms with Crippen LogP contribution in [0.25, 0.3) is 0 Å². The first kappa shape index (κ1) is 13.6. The Morgan fingerprint density at radius 2 is 1.89 bits per heavy atom. The van der Waals surface area contributed by atoms with E-state index in [4.69, 9.17) is 10.5 Å². The quantitative estimate of drug-likeness (QED) is 0.892. The van der Waals surface area contributed by atoms with Crippen molar-refractivity contribution in [2.24, 2.45) is 5.73 Å².